The topological polar surface area (TPSA) is 62.7 Å². The Morgan fingerprint density at radius 1 is 1.21 bits per heavy atom. The molecule has 5 nitrogen and oxygen atoms in total. The van der Waals surface area contributed by atoms with Crippen molar-refractivity contribution in [1.29, 1.82) is 0 Å². The van der Waals surface area contributed by atoms with E-state index in [4.69, 9.17) is 17.0 Å². The van der Waals surface area contributed by atoms with Crippen molar-refractivity contribution in [3.8, 4) is 5.75 Å². The van der Waals surface area contributed by atoms with Gasteiger partial charge in [0.1, 0.15) is 5.75 Å². The number of nitrogens with zero attached hydrogens (tertiary/aromatic N) is 1. The minimum atomic E-state index is -0.401. The van der Waals surface area contributed by atoms with Crippen LogP contribution in [0.5, 0.6) is 5.75 Å². The number of ether oxygens (including phenoxy) is 1. The van der Waals surface area contributed by atoms with E-state index in [-0.39, 0.29) is 0 Å². The quantitative estimate of drug-likeness (QED) is 0.262. The summed E-state index contributed by atoms with van der Waals surface area (Å²) in [7, 11) is 0. The molecule has 0 spiro atoms. The number of carbonyl (C=O) groups excluding carboxylic acids is 1. The smallest absolute Gasteiger partial charge is 0.343 e. The van der Waals surface area contributed by atoms with Crippen molar-refractivity contribution in [3.05, 3.63) is 64.1 Å². The third-order valence-corrected chi connectivity index (χ3v) is 3.65. The lowest BCUT2D eigenvalue weighted by atomic mass is 10.2. The Hall–Kier alpha value is -2.25. The number of thiocarbonyl (C=S) groups is 1. The first-order valence-corrected chi connectivity index (χ1v) is 8.43. The molecule has 0 saturated carbocycles. The van der Waals surface area contributed by atoms with Crippen molar-refractivity contribution >= 4 is 45.4 Å². The first-order chi connectivity index (χ1) is 11.6. The van der Waals surface area contributed by atoms with Crippen molar-refractivity contribution in [2.45, 2.75) is 6.92 Å². The fourth-order valence-corrected chi connectivity index (χ4v) is 2.20. The molecule has 0 amide bonds. The lowest BCUT2D eigenvalue weighted by Gasteiger charge is -2.05. The van der Waals surface area contributed by atoms with Gasteiger partial charge in [0.25, 0.3) is 0 Å². The molecule has 0 fully saturated rings. The Kier molecular flexibility index (Phi) is 6.89. The van der Waals surface area contributed by atoms with Crippen molar-refractivity contribution < 1.29 is 9.53 Å². The molecule has 7 heteroatoms. The number of esters is 1. The van der Waals surface area contributed by atoms with Crippen LogP contribution < -0.4 is 15.5 Å². The zero-order chi connectivity index (χ0) is 17.4. The van der Waals surface area contributed by atoms with Gasteiger partial charge in [-0.3, -0.25) is 5.43 Å². The average molecular weight is 406 g/mol. The molecule has 124 valence electrons. The van der Waals surface area contributed by atoms with E-state index in [1.165, 1.54) is 0 Å². The number of hydrazone groups is 1. The zero-order valence-electron chi connectivity index (χ0n) is 13.0. The molecular formula is C17H16BrN3O2S. The number of benzene rings is 2. The van der Waals surface area contributed by atoms with Gasteiger partial charge in [0.15, 0.2) is 5.11 Å². The van der Waals surface area contributed by atoms with Crippen molar-refractivity contribution in [1.82, 2.24) is 10.7 Å². The monoisotopic (exact) mass is 405 g/mol. The highest BCUT2D eigenvalue weighted by Gasteiger charge is 2.08. The summed E-state index contributed by atoms with van der Waals surface area (Å²) >= 11 is 8.32. The van der Waals surface area contributed by atoms with E-state index in [0.717, 1.165) is 16.6 Å². The normalized spacial score (nSPS) is 10.4. The van der Waals surface area contributed by atoms with Gasteiger partial charge in [0.05, 0.1) is 11.8 Å². The summed E-state index contributed by atoms with van der Waals surface area (Å²) in [4.78, 5) is 12.0. The van der Waals surface area contributed by atoms with Gasteiger partial charge in [0.2, 0.25) is 0 Å². The number of hydrogen-bond donors (Lipinski definition) is 2. The maximum atomic E-state index is 12.0. The Bertz CT molecular complexity index is 731. The van der Waals surface area contributed by atoms with E-state index in [0.29, 0.717) is 16.4 Å². The third-order valence-electron chi connectivity index (χ3n) is 2.89. The van der Waals surface area contributed by atoms with Gasteiger partial charge in [-0.25, -0.2) is 4.79 Å². The molecule has 2 aromatic carbocycles. The molecule has 2 aromatic rings. The number of hydrogen-bond acceptors (Lipinski definition) is 4. The van der Waals surface area contributed by atoms with Crippen LogP contribution in [-0.2, 0) is 0 Å². The Balaban J connectivity index is 1.92. The van der Waals surface area contributed by atoms with Crippen LogP contribution in [0.15, 0.2) is 58.1 Å². The van der Waals surface area contributed by atoms with Crippen LogP contribution in [0.3, 0.4) is 0 Å². The van der Waals surface area contributed by atoms with Crippen LogP contribution in [0.1, 0.15) is 22.8 Å². The molecule has 0 unspecified atom stereocenters. The lowest BCUT2D eigenvalue weighted by molar-refractivity contribution is 0.0735. The minimum Gasteiger partial charge on any atom is -0.423 e. The van der Waals surface area contributed by atoms with E-state index in [2.05, 4.69) is 31.8 Å². The molecule has 2 rings (SSSR count). The van der Waals surface area contributed by atoms with Gasteiger partial charge >= 0.3 is 5.97 Å². The Morgan fingerprint density at radius 2 is 1.88 bits per heavy atom. The zero-order valence-corrected chi connectivity index (χ0v) is 15.4. The molecule has 0 atom stereocenters. The van der Waals surface area contributed by atoms with Crippen LogP contribution in [0.25, 0.3) is 0 Å². The lowest BCUT2D eigenvalue weighted by Crippen LogP contribution is -2.31. The van der Waals surface area contributed by atoms with Crippen molar-refractivity contribution in [2.75, 3.05) is 6.54 Å². The largest absolute Gasteiger partial charge is 0.423 e. The average Bonchev–Trinajstić information content (AvgIpc) is 2.57. The van der Waals surface area contributed by atoms with E-state index in [1.54, 1.807) is 54.7 Å². The molecule has 0 aliphatic carbocycles. The van der Waals surface area contributed by atoms with Crippen LogP contribution in [0, 0.1) is 0 Å². The van der Waals surface area contributed by atoms with E-state index in [1.807, 2.05) is 6.92 Å². The standard InChI is InChI=1S/C17H16BrN3O2S/c1-2-19-17(24)21-20-11-12-3-9-15(10-4-12)23-16(22)13-5-7-14(18)8-6-13/h3-11H,2H2,1H3,(H2,19,21,24). The maximum Gasteiger partial charge on any atom is 0.343 e. The van der Waals surface area contributed by atoms with Crippen LogP contribution in [-0.4, -0.2) is 23.8 Å². The first kappa shape index (κ1) is 18.1. The molecule has 0 aliphatic rings. The molecule has 0 radical (unpaired) electrons. The van der Waals surface area contributed by atoms with Crippen LogP contribution in [0.2, 0.25) is 0 Å². The maximum absolute atomic E-state index is 12.0. The summed E-state index contributed by atoms with van der Waals surface area (Å²) in [5, 5.41) is 7.41. The number of carbonyl (C=O) groups is 1. The molecule has 0 aromatic heterocycles. The minimum absolute atomic E-state index is 0.401. The highest BCUT2D eigenvalue weighted by molar-refractivity contribution is 9.10. The number of nitrogens with one attached hydrogen (secondary N) is 2. The summed E-state index contributed by atoms with van der Waals surface area (Å²) < 4.78 is 6.23. The second-order valence-corrected chi connectivity index (χ2v) is 6.02. The second kappa shape index (κ2) is 9.14. The summed E-state index contributed by atoms with van der Waals surface area (Å²) in [6.07, 6.45) is 1.63. The van der Waals surface area contributed by atoms with E-state index < -0.39 is 5.97 Å². The summed E-state index contributed by atoms with van der Waals surface area (Å²) in [5.41, 5.74) is 4.05. The summed E-state index contributed by atoms with van der Waals surface area (Å²) in [6.45, 7) is 2.69. The molecule has 0 heterocycles. The molecule has 0 bridgehead atoms. The highest BCUT2D eigenvalue weighted by Crippen LogP contribution is 2.15. The fourth-order valence-electron chi connectivity index (χ4n) is 1.74. The van der Waals surface area contributed by atoms with Gasteiger partial charge in [-0.1, -0.05) is 15.9 Å². The Labute approximate surface area is 154 Å². The van der Waals surface area contributed by atoms with Crippen molar-refractivity contribution in [3.63, 3.8) is 0 Å². The van der Waals surface area contributed by atoms with Gasteiger partial charge in [-0.2, -0.15) is 5.10 Å². The third kappa shape index (κ3) is 5.75. The fraction of sp³-hybridized carbons (Fsp3) is 0.118. The molecule has 0 saturated heterocycles. The number of halogens is 1. The summed E-state index contributed by atoms with van der Waals surface area (Å²) in [6, 6.07) is 14.0. The van der Waals surface area contributed by atoms with E-state index in [9.17, 15) is 4.79 Å². The molecule has 24 heavy (non-hydrogen) atoms. The SMILES string of the molecule is CCNC(=S)NN=Cc1ccc(OC(=O)c2ccc(Br)cc2)cc1. The molecule has 0 aliphatic heterocycles. The Morgan fingerprint density at radius 3 is 2.50 bits per heavy atom. The van der Waals surface area contributed by atoms with Crippen molar-refractivity contribution in [2.24, 2.45) is 5.10 Å². The molecular weight excluding hydrogens is 390 g/mol. The van der Waals surface area contributed by atoms with Gasteiger partial charge < -0.3 is 10.1 Å². The molecule has 2 N–H and O–H groups in total. The van der Waals surface area contributed by atoms with Crippen LogP contribution >= 0.6 is 28.1 Å². The first-order valence-electron chi connectivity index (χ1n) is 7.23. The van der Waals surface area contributed by atoms with Gasteiger partial charge in [-0.05, 0) is 73.2 Å². The van der Waals surface area contributed by atoms with E-state index >= 15 is 0 Å². The number of rotatable bonds is 5. The summed E-state index contributed by atoms with van der Waals surface area (Å²) in [5.74, 6) is 0.0674. The highest BCUT2D eigenvalue weighted by atomic mass is 79.9. The van der Waals surface area contributed by atoms with Gasteiger partial charge in [-0.15, -0.1) is 0 Å². The predicted molar refractivity (Wildman–Crippen MR) is 103 cm³/mol. The second-order valence-electron chi connectivity index (χ2n) is 4.69. The predicted octanol–water partition coefficient (Wildman–Crippen LogP) is 3.49. The van der Waals surface area contributed by atoms with Crippen LogP contribution in [0.4, 0.5) is 0 Å². The van der Waals surface area contributed by atoms with Gasteiger partial charge in [0, 0.05) is 11.0 Å².